The van der Waals surface area contributed by atoms with Crippen molar-refractivity contribution in [1.82, 2.24) is 15.5 Å². The fourth-order valence-electron chi connectivity index (χ4n) is 2.93. The zero-order valence-electron chi connectivity index (χ0n) is 17.1. The largest absolute Gasteiger partial charge is 0.497 e. The molecule has 0 fully saturated rings. The minimum absolute atomic E-state index is 0.121. The molecule has 1 aromatic heterocycles. The van der Waals surface area contributed by atoms with Crippen molar-refractivity contribution in [2.75, 3.05) is 17.7 Å². The van der Waals surface area contributed by atoms with E-state index in [0.29, 0.717) is 17.1 Å². The van der Waals surface area contributed by atoms with Gasteiger partial charge >= 0.3 is 0 Å². The number of para-hydroxylation sites is 1. The zero-order chi connectivity index (χ0) is 22.6. The first-order valence-corrected chi connectivity index (χ1v) is 11.0. The Balaban J connectivity index is 1.72. The SMILES string of the molecule is COc1cccc(-c2noc(CNC(=O)C(C)N(c3ccccc3F)S(C)(=O)=O)n2)c1. The third-order valence-electron chi connectivity index (χ3n) is 4.39. The molecule has 31 heavy (non-hydrogen) atoms. The van der Waals surface area contributed by atoms with Gasteiger partial charge in [-0.25, -0.2) is 12.8 Å². The predicted molar refractivity (Wildman–Crippen MR) is 111 cm³/mol. The van der Waals surface area contributed by atoms with Crippen LogP contribution in [0.1, 0.15) is 12.8 Å². The smallest absolute Gasteiger partial charge is 0.246 e. The first kappa shape index (κ1) is 22.2. The van der Waals surface area contributed by atoms with E-state index in [9.17, 15) is 17.6 Å². The number of carbonyl (C=O) groups is 1. The molecule has 3 rings (SSSR count). The number of aromatic nitrogens is 2. The maximum atomic E-state index is 14.2. The molecule has 164 valence electrons. The molecule has 0 saturated carbocycles. The number of hydrogen-bond donors (Lipinski definition) is 1. The lowest BCUT2D eigenvalue weighted by Crippen LogP contribution is -2.48. The van der Waals surface area contributed by atoms with Crippen LogP contribution in [0.2, 0.25) is 0 Å². The molecule has 11 heteroatoms. The summed E-state index contributed by atoms with van der Waals surface area (Å²) in [7, 11) is -2.40. The highest BCUT2D eigenvalue weighted by Gasteiger charge is 2.31. The molecule has 0 saturated heterocycles. The number of methoxy groups -OCH3 is 1. The Labute approximate surface area is 178 Å². The van der Waals surface area contributed by atoms with Crippen LogP contribution in [-0.4, -0.2) is 43.9 Å². The van der Waals surface area contributed by atoms with Gasteiger partial charge in [0.15, 0.2) is 0 Å². The average molecular weight is 448 g/mol. The first-order valence-electron chi connectivity index (χ1n) is 9.19. The van der Waals surface area contributed by atoms with Gasteiger partial charge in [0.2, 0.25) is 27.6 Å². The lowest BCUT2D eigenvalue weighted by molar-refractivity contribution is -0.122. The number of amides is 1. The Bertz CT molecular complexity index is 1180. The molecule has 0 aliphatic carbocycles. The number of benzene rings is 2. The molecule has 1 N–H and O–H groups in total. The lowest BCUT2D eigenvalue weighted by Gasteiger charge is -2.28. The summed E-state index contributed by atoms with van der Waals surface area (Å²) < 4.78 is 49.7. The highest BCUT2D eigenvalue weighted by molar-refractivity contribution is 7.92. The molecule has 2 aromatic carbocycles. The van der Waals surface area contributed by atoms with Crippen molar-refractivity contribution in [1.29, 1.82) is 0 Å². The van der Waals surface area contributed by atoms with E-state index in [0.717, 1.165) is 16.6 Å². The number of halogens is 1. The monoisotopic (exact) mass is 448 g/mol. The van der Waals surface area contributed by atoms with E-state index >= 15 is 0 Å². The summed E-state index contributed by atoms with van der Waals surface area (Å²) in [6, 6.07) is 11.2. The maximum absolute atomic E-state index is 14.2. The van der Waals surface area contributed by atoms with Crippen molar-refractivity contribution in [2.45, 2.75) is 19.5 Å². The zero-order valence-corrected chi connectivity index (χ0v) is 17.9. The van der Waals surface area contributed by atoms with Crippen molar-refractivity contribution in [2.24, 2.45) is 0 Å². The van der Waals surface area contributed by atoms with Gasteiger partial charge < -0.3 is 14.6 Å². The van der Waals surface area contributed by atoms with E-state index in [4.69, 9.17) is 9.26 Å². The highest BCUT2D eigenvalue weighted by atomic mass is 32.2. The Hall–Kier alpha value is -3.47. The molecular weight excluding hydrogens is 427 g/mol. The molecule has 0 bridgehead atoms. The highest BCUT2D eigenvalue weighted by Crippen LogP contribution is 2.24. The third-order valence-corrected chi connectivity index (χ3v) is 5.62. The van der Waals surface area contributed by atoms with Gasteiger partial charge in [0.25, 0.3) is 0 Å². The molecule has 0 spiro atoms. The summed E-state index contributed by atoms with van der Waals surface area (Å²) in [5.41, 5.74) is 0.447. The van der Waals surface area contributed by atoms with Crippen LogP contribution < -0.4 is 14.4 Å². The molecule has 1 heterocycles. The van der Waals surface area contributed by atoms with Gasteiger partial charge in [-0.3, -0.25) is 9.10 Å². The molecule has 1 unspecified atom stereocenters. The minimum atomic E-state index is -3.94. The fourth-order valence-corrected chi connectivity index (χ4v) is 4.10. The van der Waals surface area contributed by atoms with E-state index in [-0.39, 0.29) is 18.1 Å². The molecule has 0 aliphatic rings. The number of nitrogens with zero attached hydrogens (tertiary/aromatic N) is 3. The quantitative estimate of drug-likeness (QED) is 0.563. The number of sulfonamides is 1. The second kappa shape index (κ2) is 9.13. The number of ether oxygens (including phenoxy) is 1. The number of carbonyl (C=O) groups excluding carboxylic acids is 1. The van der Waals surface area contributed by atoms with Crippen molar-refractivity contribution < 1.29 is 26.9 Å². The summed E-state index contributed by atoms with van der Waals surface area (Å²) >= 11 is 0. The second-order valence-electron chi connectivity index (χ2n) is 6.65. The fraction of sp³-hybridized carbons (Fsp3) is 0.250. The molecular formula is C20H21FN4O5S. The van der Waals surface area contributed by atoms with Crippen LogP contribution in [0.3, 0.4) is 0 Å². The van der Waals surface area contributed by atoms with Gasteiger partial charge in [-0.1, -0.05) is 29.4 Å². The van der Waals surface area contributed by atoms with Crippen molar-refractivity contribution in [3.05, 3.63) is 60.2 Å². The standard InChI is InChI=1S/C20H21FN4O5S/c1-13(25(31(3,27)28)17-10-5-4-9-16(17)21)20(26)22-12-18-23-19(24-30-18)14-7-6-8-15(11-14)29-2/h4-11,13H,12H2,1-3H3,(H,22,26). The van der Waals surface area contributed by atoms with Crippen LogP contribution in [0.15, 0.2) is 53.1 Å². The Morgan fingerprint density at radius 3 is 2.68 bits per heavy atom. The number of nitrogens with one attached hydrogen (secondary N) is 1. The predicted octanol–water partition coefficient (Wildman–Crippen LogP) is 2.36. The van der Waals surface area contributed by atoms with Gasteiger partial charge in [-0.2, -0.15) is 4.98 Å². The number of rotatable bonds is 8. The van der Waals surface area contributed by atoms with Crippen molar-refractivity contribution in [3.8, 4) is 17.1 Å². The molecule has 0 radical (unpaired) electrons. The summed E-state index contributed by atoms with van der Waals surface area (Å²) in [4.78, 5) is 16.8. The van der Waals surface area contributed by atoms with E-state index < -0.39 is 27.8 Å². The molecule has 9 nitrogen and oxygen atoms in total. The van der Waals surface area contributed by atoms with Gasteiger partial charge in [-0.15, -0.1) is 0 Å². The minimum Gasteiger partial charge on any atom is -0.497 e. The Morgan fingerprint density at radius 1 is 1.26 bits per heavy atom. The van der Waals surface area contributed by atoms with Gasteiger partial charge in [0.05, 0.1) is 25.6 Å². The Kier molecular flexibility index (Phi) is 6.54. The molecule has 1 atom stereocenters. The normalized spacial score (nSPS) is 12.3. The summed E-state index contributed by atoms with van der Waals surface area (Å²) in [5, 5.41) is 6.41. The van der Waals surface area contributed by atoms with Crippen LogP contribution in [0, 0.1) is 5.82 Å². The second-order valence-corrected chi connectivity index (χ2v) is 8.51. The topological polar surface area (TPSA) is 115 Å². The molecule has 3 aromatic rings. The van der Waals surface area contributed by atoms with Gasteiger partial charge in [0, 0.05) is 5.56 Å². The van der Waals surface area contributed by atoms with E-state index in [1.165, 1.54) is 25.1 Å². The summed E-state index contributed by atoms with van der Waals surface area (Å²) in [5.74, 6) is -0.363. The van der Waals surface area contributed by atoms with Gasteiger partial charge in [0.1, 0.15) is 17.6 Å². The number of hydrogen-bond acceptors (Lipinski definition) is 7. The summed E-state index contributed by atoms with van der Waals surface area (Å²) in [6.45, 7) is 1.23. The van der Waals surface area contributed by atoms with Crippen LogP contribution in [-0.2, 0) is 21.4 Å². The first-order chi connectivity index (χ1) is 14.7. The van der Waals surface area contributed by atoms with Gasteiger partial charge in [-0.05, 0) is 31.2 Å². The average Bonchev–Trinajstić information content (AvgIpc) is 3.21. The van der Waals surface area contributed by atoms with Crippen LogP contribution >= 0.6 is 0 Å². The molecule has 1 amide bonds. The van der Waals surface area contributed by atoms with Crippen molar-refractivity contribution in [3.63, 3.8) is 0 Å². The Morgan fingerprint density at radius 2 is 2.00 bits per heavy atom. The van der Waals surface area contributed by atoms with Crippen LogP contribution in [0.4, 0.5) is 10.1 Å². The summed E-state index contributed by atoms with van der Waals surface area (Å²) in [6.07, 6.45) is 0.904. The molecule has 0 aliphatic heterocycles. The third kappa shape index (κ3) is 5.18. The van der Waals surface area contributed by atoms with E-state index in [1.807, 2.05) is 0 Å². The lowest BCUT2D eigenvalue weighted by atomic mass is 10.2. The van der Waals surface area contributed by atoms with Crippen molar-refractivity contribution >= 4 is 21.6 Å². The van der Waals surface area contributed by atoms with E-state index in [1.54, 1.807) is 31.4 Å². The van der Waals surface area contributed by atoms with E-state index in [2.05, 4.69) is 15.5 Å². The van der Waals surface area contributed by atoms with Crippen LogP contribution in [0.25, 0.3) is 11.4 Å². The van der Waals surface area contributed by atoms with Crippen LogP contribution in [0.5, 0.6) is 5.75 Å². The number of anilines is 1. The maximum Gasteiger partial charge on any atom is 0.246 e.